The van der Waals surface area contributed by atoms with Crippen LogP contribution in [-0.2, 0) is 22.0 Å². The van der Waals surface area contributed by atoms with Gasteiger partial charge in [-0.05, 0) is 23.8 Å². The van der Waals surface area contributed by atoms with Crippen LogP contribution in [0.2, 0.25) is 5.02 Å². The molecule has 10 heteroatoms. The maximum absolute atomic E-state index is 14.2. The minimum atomic E-state index is -3.82. The summed E-state index contributed by atoms with van der Waals surface area (Å²) in [6.07, 6.45) is 0. The lowest BCUT2D eigenvalue weighted by molar-refractivity contribution is -0.385. The molecule has 0 saturated carbocycles. The summed E-state index contributed by atoms with van der Waals surface area (Å²) in [4.78, 5) is 33.7. The van der Waals surface area contributed by atoms with E-state index in [2.05, 4.69) is 4.74 Å². The number of amides is 1. The summed E-state index contributed by atoms with van der Waals surface area (Å²) in [7, 11) is 1.07. The number of nitrogens with one attached hydrogen (secondary N) is 1. The van der Waals surface area contributed by atoms with Crippen LogP contribution in [0.4, 0.5) is 14.5 Å². The molecule has 0 heterocycles. The van der Waals surface area contributed by atoms with Crippen molar-refractivity contribution >= 4 is 29.2 Å². The quantitative estimate of drug-likeness (QED) is 0.456. The molecular weight excluding hydrogens is 386 g/mol. The van der Waals surface area contributed by atoms with Gasteiger partial charge < -0.3 is 10.1 Å². The molecule has 0 saturated heterocycles. The summed E-state index contributed by atoms with van der Waals surface area (Å²) in [5.41, 5.74) is -1.23. The highest BCUT2D eigenvalue weighted by Crippen LogP contribution is 2.29. The third-order valence-electron chi connectivity index (χ3n) is 3.61. The summed E-state index contributed by atoms with van der Waals surface area (Å²) in [6.45, 7) is -0.399. The van der Waals surface area contributed by atoms with Crippen LogP contribution in [0.3, 0.4) is 0 Å². The Hall–Kier alpha value is -3.07. The van der Waals surface area contributed by atoms with E-state index in [9.17, 15) is 28.5 Å². The van der Waals surface area contributed by atoms with Gasteiger partial charge in [0.05, 0.1) is 12.0 Å². The van der Waals surface area contributed by atoms with Crippen LogP contribution in [0.25, 0.3) is 0 Å². The van der Waals surface area contributed by atoms with Gasteiger partial charge in [-0.3, -0.25) is 14.9 Å². The Morgan fingerprint density at radius 3 is 2.41 bits per heavy atom. The summed E-state index contributed by atoms with van der Waals surface area (Å²) in [5.74, 6) is -6.31. The first-order valence-electron chi connectivity index (χ1n) is 7.44. The lowest BCUT2D eigenvalue weighted by Crippen LogP contribution is -2.37. The van der Waals surface area contributed by atoms with E-state index in [0.717, 1.165) is 31.4 Å². The van der Waals surface area contributed by atoms with Gasteiger partial charge in [-0.2, -0.15) is 8.78 Å². The van der Waals surface area contributed by atoms with Gasteiger partial charge in [0.2, 0.25) is 0 Å². The van der Waals surface area contributed by atoms with Gasteiger partial charge >= 0.3 is 11.9 Å². The van der Waals surface area contributed by atoms with Gasteiger partial charge in [0.25, 0.3) is 11.6 Å². The van der Waals surface area contributed by atoms with E-state index in [1.165, 1.54) is 18.2 Å². The highest BCUT2D eigenvalue weighted by molar-refractivity contribution is 6.30. The molecule has 0 aliphatic rings. The van der Waals surface area contributed by atoms with Crippen molar-refractivity contribution in [2.75, 3.05) is 7.11 Å². The maximum atomic E-state index is 14.2. The SMILES string of the molecule is COC(=O)c1ccc(CNC(=O)C(F)(F)c2ccc(Cl)cc2)cc1[N+](=O)[O-]. The standard InChI is InChI=1S/C17H13ClF2N2O5/c1-27-15(23)13-7-2-10(8-14(13)22(25)26)9-21-16(24)17(19,20)11-3-5-12(18)6-4-11/h2-8H,9H2,1H3,(H,21,24). The number of rotatable bonds is 6. The largest absolute Gasteiger partial charge is 0.465 e. The molecule has 0 aliphatic heterocycles. The molecule has 2 aromatic rings. The number of nitro groups is 1. The molecule has 0 radical (unpaired) electrons. The average Bonchev–Trinajstić information content (AvgIpc) is 2.65. The number of halogens is 3. The predicted molar refractivity (Wildman–Crippen MR) is 91.6 cm³/mol. The van der Waals surface area contributed by atoms with Crippen LogP contribution in [-0.4, -0.2) is 23.9 Å². The number of nitrogens with zero attached hydrogens (tertiary/aromatic N) is 1. The fourth-order valence-corrected chi connectivity index (χ4v) is 2.33. The molecule has 0 spiro atoms. The molecule has 0 atom stereocenters. The molecule has 0 aromatic heterocycles. The molecule has 0 bridgehead atoms. The van der Waals surface area contributed by atoms with Crippen LogP contribution >= 0.6 is 11.6 Å². The highest BCUT2D eigenvalue weighted by atomic mass is 35.5. The van der Waals surface area contributed by atoms with Crippen molar-refractivity contribution in [2.24, 2.45) is 0 Å². The Labute approximate surface area is 157 Å². The second kappa shape index (κ2) is 8.09. The molecule has 0 unspecified atom stereocenters. The third kappa shape index (κ3) is 4.56. The van der Waals surface area contributed by atoms with Crippen molar-refractivity contribution in [3.05, 3.63) is 74.3 Å². The molecule has 0 aliphatic carbocycles. The minimum Gasteiger partial charge on any atom is -0.465 e. The summed E-state index contributed by atoms with van der Waals surface area (Å²) >= 11 is 5.63. The molecule has 2 rings (SSSR count). The molecule has 0 fully saturated rings. The van der Waals surface area contributed by atoms with E-state index in [0.29, 0.717) is 0 Å². The molecule has 142 valence electrons. The molecule has 7 nitrogen and oxygen atoms in total. The Morgan fingerprint density at radius 1 is 1.22 bits per heavy atom. The highest BCUT2D eigenvalue weighted by Gasteiger charge is 2.40. The normalized spacial score (nSPS) is 11.0. The van der Waals surface area contributed by atoms with E-state index in [-0.39, 0.29) is 16.1 Å². The number of carbonyl (C=O) groups excluding carboxylic acids is 2. The van der Waals surface area contributed by atoms with Crippen molar-refractivity contribution in [1.29, 1.82) is 0 Å². The van der Waals surface area contributed by atoms with E-state index in [1.807, 2.05) is 5.32 Å². The van der Waals surface area contributed by atoms with Crippen molar-refractivity contribution in [3.63, 3.8) is 0 Å². The van der Waals surface area contributed by atoms with Crippen molar-refractivity contribution < 1.29 is 28.0 Å². The first-order chi connectivity index (χ1) is 12.7. The average molecular weight is 399 g/mol. The molecule has 27 heavy (non-hydrogen) atoms. The number of carbonyl (C=O) groups is 2. The van der Waals surface area contributed by atoms with Crippen LogP contribution in [0.1, 0.15) is 21.5 Å². The number of methoxy groups -OCH3 is 1. The number of alkyl halides is 2. The smallest absolute Gasteiger partial charge is 0.349 e. The lowest BCUT2D eigenvalue weighted by atomic mass is 10.1. The topological polar surface area (TPSA) is 98.5 Å². The summed E-state index contributed by atoms with van der Waals surface area (Å²) in [5, 5.41) is 13.3. The second-order valence-electron chi connectivity index (χ2n) is 5.36. The van der Waals surface area contributed by atoms with Gasteiger partial charge in [-0.25, -0.2) is 4.79 Å². The number of hydrogen-bond acceptors (Lipinski definition) is 5. The van der Waals surface area contributed by atoms with Crippen LogP contribution < -0.4 is 5.32 Å². The fourth-order valence-electron chi connectivity index (χ4n) is 2.20. The lowest BCUT2D eigenvalue weighted by Gasteiger charge is -2.16. The Kier molecular flexibility index (Phi) is 6.06. The summed E-state index contributed by atoms with van der Waals surface area (Å²) in [6, 6.07) is 7.94. The monoisotopic (exact) mass is 398 g/mol. The zero-order valence-electron chi connectivity index (χ0n) is 13.9. The maximum Gasteiger partial charge on any atom is 0.349 e. The molecule has 1 N–H and O–H groups in total. The van der Waals surface area contributed by atoms with E-state index >= 15 is 0 Å². The molecular formula is C17H13ClF2N2O5. The van der Waals surface area contributed by atoms with Gasteiger partial charge in [0.1, 0.15) is 5.56 Å². The van der Waals surface area contributed by atoms with E-state index in [1.54, 1.807) is 0 Å². The number of benzene rings is 2. The number of ether oxygens (including phenoxy) is 1. The Morgan fingerprint density at radius 2 is 1.85 bits per heavy atom. The zero-order chi connectivity index (χ0) is 20.2. The van der Waals surface area contributed by atoms with Gasteiger partial charge in [0.15, 0.2) is 0 Å². The van der Waals surface area contributed by atoms with Gasteiger partial charge in [0, 0.05) is 23.2 Å². The molecule has 2 aromatic carbocycles. The predicted octanol–water partition coefficient (Wildman–Crippen LogP) is 3.44. The number of esters is 1. The second-order valence-corrected chi connectivity index (χ2v) is 5.80. The van der Waals surface area contributed by atoms with Crippen molar-refractivity contribution in [3.8, 4) is 0 Å². The zero-order valence-corrected chi connectivity index (χ0v) is 14.6. The van der Waals surface area contributed by atoms with Crippen molar-refractivity contribution in [1.82, 2.24) is 5.32 Å². The van der Waals surface area contributed by atoms with E-state index in [4.69, 9.17) is 11.6 Å². The van der Waals surface area contributed by atoms with Gasteiger partial charge in [-0.1, -0.05) is 29.8 Å². The summed E-state index contributed by atoms with van der Waals surface area (Å²) < 4.78 is 32.8. The fraction of sp³-hybridized carbons (Fsp3) is 0.176. The van der Waals surface area contributed by atoms with Crippen LogP contribution in [0, 0.1) is 10.1 Å². The molecule has 1 amide bonds. The van der Waals surface area contributed by atoms with E-state index < -0.39 is 40.5 Å². The first kappa shape index (κ1) is 20.2. The van der Waals surface area contributed by atoms with Crippen molar-refractivity contribution in [2.45, 2.75) is 12.5 Å². The van der Waals surface area contributed by atoms with Crippen LogP contribution in [0.5, 0.6) is 0 Å². The van der Waals surface area contributed by atoms with Crippen LogP contribution in [0.15, 0.2) is 42.5 Å². The minimum absolute atomic E-state index is 0.162. The third-order valence-corrected chi connectivity index (χ3v) is 3.86. The van der Waals surface area contributed by atoms with Gasteiger partial charge in [-0.15, -0.1) is 0 Å². The number of hydrogen-bond donors (Lipinski definition) is 1. The Balaban J connectivity index is 2.17. The number of nitro benzene ring substituents is 1. The Bertz CT molecular complexity index is 887. The first-order valence-corrected chi connectivity index (χ1v) is 7.82.